The molecule has 0 bridgehead atoms. The molecule has 0 fully saturated rings. The minimum absolute atomic E-state index is 0.127. The Kier molecular flexibility index (Phi) is 6.27. The molecule has 0 saturated heterocycles. The summed E-state index contributed by atoms with van der Waals surface area (Å²) >= 11 is 1.18. The van der Waals surface area contributed by atoms with Crippen LogP contribution in [0.25, 0.3) is 0 Å². The molecule has 0 spiro atoms. The molecule has 0 aliphatic carbocycles. The summed E-state index contributed by atoms with van der Waals surface area (Å²) in [6.45, 7) is 4.09. The van der Waals surface area contributed by atoms with E-state index in [9.17, 15) is 4.79 Å². The molecule has 1 amide bonds. The van der Waals surface area contributed by atoms with E-state index in [0.29, 0.717) is 17.6 Å². The Morgan fingerprint density at radius 2 is 1.93 bits per heavy atom. The number of oxime groups is 1. The normalized spacial score (nSPS) is 11.3. The summed E-state index contributed by atoms with van der Waals surface area (Å²) in [7, 11) is 0. The van der Waals surface area contributed by atoms with E-state index in [1.807, 2.05) is 61.5 Å². The van der Waals surface area contributed by atoms with Gasteiger partial charge < -0.3 is 10.2 Å². The maximum atomic E-state index is 12.2. The highest BCUT2D eigenvalue weighted by Crippen LogP contribution is 2.12. The largest absolute Gasteiger partial charge is 0.391 e. The van der Waals surface area contributed by atoms with Crippen LogP contribution < -0.4 is 5.32 Å². The predicted molar refractivity (Wildman–Crippen MR) is 107 cm³/mol. The van der Waals surface area contributed by atoms with Gasteiger partial charge in [0, 0.05) is 11.5 Å². The molecule has 138 valence electrons. The lowest BCUT2D eigenvalue weighted by Crippen LogP contribution is -2.14. The fourth-order valence-corrected chi connectivity index (χ4v) is 3.03. The number of hydrogen-bond acceptors (Lipinski definition) is 6. The van der Waals surface area contributed by atoms with Crippen molar-refractivity contribution in [2.75, 3.05) is 5.32 Å². The summed E-state index contributed by atoms with van der Waals surface area (Å²) in [6.07, 6.45) is 0.255. The van der Waals surface area contributed by atoms with Crippen LogP contribution in [-0.4, -0.2) is 21.0 Å². The van der Waals surface area contributed by atoms with Gasteiger partial charge in [-0.1, -0.05) is 53.7 Å². The summed E-state index contributed by atoms with van der Waals surface area (Å²) in [5.74, 6) is 0.526. The van der Waals surface area contributed by atoms with Crippen LogP contribution in [0, 0.1) is 6.92 Å². The zero-order chi connectivity index (χ0) is 19.1. The second-order valence-corrected chi connectivity index (χ2v) is 6.76. The Balaban J connectivity index is 1.58. The zero-order valence-electron chi connectivity index (χ0n) is 15.2. The zero-order valence-corrected chi connectivity index (χ0v) is 16.0. The average molecular weight is 380 g/mol. The van der Waals surface area contributed by atoms with E-state index in [-0.39, 0.29) is 12.3 Å². The first kappa shape index (κ1) is 18.7. The summed E-state index contributed by atoms with van der Waals surface area (Å²) in [6, 6.07) is 17.6. The third-order valence-corrected chi connectivity index (χ3v) is 4.48. The van der Waals surface area contributed by atoms with Crippen molar-refractivity contribution in [3.8, 4) is 0 Å². The van der Waals surface area contributed by atoms with Crippen molar-refractivity contribution >= 4 is 28.3 Å². The third-order valence-electron chi connectivity index (χ3n) is 3.76. The minimum atomic E-state index is -0.127. The number of hydrogen-bond donors (Lipinski definition) is 1. The van der Waals surface area contributed by atoms with Crippen molar-refractivity contribution in [3.63, 3.8) is 0 Å². The van der Waals surface area contributed by atoms with E-state index in [2.05, 4.69) is 19.8 Å². The molecule has 7 heteroatoms. The number of carbonyl (C=O) groups excluding carboxylic acids is 1. The number of carbonyl (C=O) groups is 1. The van der Waals surface area contributed by atoms with Gasteiger partial charge in [-0.05, 0) is 36.6 Å². The second-order valence-electron chi connectivity index (χ2n) is 6.01. The van der Waals surface area contributed by atoms with E-state index in [0.717, 1.165) is 22.4 Å². The van der Waals surface area contributed by atoms with Gasteiger partial charge in [0.2, 0.25) is 11.0 Å². The smallest absolute Gasteiger partial charge is 0.230 e. The fourth-order valence-electron chi connectivity index (χ4n) is 2.43. The SMILES string of the molecule is C/C(=N\OCc1ccccc1)c1cccc(CC(=O)Nc2nc(C)ns2)c1. The second kappa shape index (κ2) is 9.05. The first-order valence-corrected chi connectivity index (χ1v) is 9.27. The van der Waals surface area contributed by atoms with Crippen molar-refractivity contribution in [1.29, 1.82) is 0 Å². The summed E-state index contributed by atoms with van der Waals surface area (Å²) in [5, 5.41) is 7.46. The van der Waals surface area contributed by atoms with Crippen molar-refractivity contribution in [1.82, 2.24) is 9.36 Å². The number of aryl methyl sites for hydroxylation is 1. The molecular weight excluding hydrogens is 360 g/mol. The van der Waals surface area contributed by atoms with Crippen molar-refractivity contribution < 1.29 is 9.63 Å². The van der Waals surface area contributed by atoms with E-state index in [1.54, 1.807) is 6.92 Å². The molecule has 3 rings (SSSR count). The molecule has 1 N–H and O–H groups in total. The third kappa shape index (κ3) is 5.72. The Labute approximate surface area is 162 Å². The number of amides is 1. The molecule has 3 aromatic rings. The van der Waals surface area contributed by atoms with Gasteiger partial charge in [-0.15, -0.1) is 0 Å². The predicted octanol–water partition coefficient (Wildman–Crippen LogP) is 3.97. The molecule has 2 aromatic carbocycles. The lowest BCUT2D eigenvalue weighted by Gasteiger charge is -2.06. The quantitative estimate of drug-likeness (QED) is 0.497. The number of anilines is 1. The molecule has 1 aromatic heterocycles. The van der Waals surface area contributed by atoms with Crippen molar-refractivity contribution in [2.45, 2.75) is 26.9 Å². The minimum Gasteiger partial charge on any atom is -0.391 e. The number of benzene rings is 2. The highest BCUT2D eigenvalue weighted by molar-refractivity contribution is 7.09. The summed E-state index contributed by atoms with van der Waals surface area (Å²) in [4.78, 5) is 21.7. The average Bonchev–Trinajstić information content (AvgIpc) is 3.07. The van der Waals surface area contributed by atoms with Crippen LogP contribution in [0.4, 0.5) is 5.13 Å². The van der Waals surface area contributed by atoms with E-state index >= 15 is 0 Å². The number of rotatable bonds is 7. The maximum absolute atomic E-state index is 12.2. The highest BCUT2D eigenvalue weighted by atomic mass is 32.1. The fraction of sp³-hybridized carbons (Fsp3) is 0.200. The molecular formula is C20H20N4O2S. The van der Waals surface area contributed by atoms with Crippen LogP contribution in [0.3, 0.4) is 0 Å². The van der Waals surface area contributed by atoms with Gasteiger partial charge in [0.15, 0.2) is 0 Å². The Morgan fingerprint density at radius 3 is 2.67 bits per heavy atom. The molecule has 0 saturated carbocycles. The molecule has 0 radical (unpaired) electrons. The highest BCUT2D eigenvalue weighted by Gasteiger charge is 2.08. The molecule has 27 heavy (non-hydrogen) atoms. The molecule has 1 heterocycles. The summed E-state index contributed by atoms with van der Waals surface area (Å²) in [5.41, 5.74) is 3.63. The van der Waals surface area contributed by atoms with Crippen LogP contribution in [0.15, 0.2) is 59.8 Å². The first-order chi connectivity index (χ1) is 13.1. The maximum Gasteiger partial charge on any atom is 0.230 e. The Morgan fingerprint density at radius 1 is 1.15 bits per heavy atom. The van der Waals surface area contributed by atoms with Gasteiger partial charge in [-0.2, -0.15) is 4.37 Å². The van der Waals surface area contributed by atoms with E-state index < -0.39 is 0 Å². The lowest BCUT2D eigenvalue weighted by atomic mass is 10.1. The molecule has 0 atom stereocenters. The van der Waals surface area contributed by atoms with E-state index in [4.69, 9.17) is 4.84 Å². The number of aromatic nitrogens is 2. The van der Waals surface area contributed by atoms with Crippen molar-refractivity contribution in [2.24, 2.45) is 5.16 Å². The standard InChI is InChI=1S/C20H20N4O2S/c1-14(23-26-13-16-7-4-3-5-8-16)18-10-6-9-17(11-18)12-19(25)22-20-21-15(2)24-27-20/h3-11H,12-13H2,1-2H3,(H,21,22,24,25)/b23-14+. The summed E-state index contributed by atoms with van der Waals surface area (Å²) < 4.78 is 4.05. The topological polar surface area (TPSA) is 76.5 Å². The van der Waals surface area contributed by atoms with Gasteiger partial charge >= 0.3 is 0 Å². The van der Waals surface area contributed by atoms with Gasteiger partial charge in [-0.3, -0.25) is 4.79 Å². The van der Waals surface area contributed by atoms with Crippen LogP contribution in [-0.2, 0) is 22.7 Å². The van der Waals surface area contributed by atoms with Gasteiger partial charge in [0.05, 0.1) is 12.1 Å². The number of nitrogens with zero attached hydrogens (tertiary/aromatic N) is 3. The van der Waals surface area contributed by atoms with Crippen molar-refractivity contribution in [3.05, 3.63) is 77.1 Å². The van der Waals surface area contributed by atoms with Gasteiger partial charge in [0.25, 0.3) is 0 Å². The monoisotopic (exact) mass is 380 g/mol. The van der Waals surface area contributed by atoms with E-state index in [1.165, 1.54) is 11.5 Å². The molecule has 0 unspecified atom stereocenters. The van der Waals surface area contributed by atoms with Crippen LogP contribution in [0.1, 0.15) is 29.4 Å². The lowest BCUT2D eigenvalue weighted by molar-refractivity contribution is -0.115. The molecule has 0 aliphatic rings. The van der Waals surface area contributed by atoms with Crippen LogP contribution in [0.5, 0.6) is 0 Å². The van der Waals surface area contributed by atoms with Crippen LogP contribution in [0.2, 0.25) is 0 Å². The molecule has 0 aliphatic heterocycles. The van der Waals surface area contributed by atoms with Gasteiger partial charge in [0.1, 0.15) is 12.4 Å². The van der Waals surface area contributed by atoms with Crippen LogP contribution >= 0.6 is 11.5 Å². The first-order valence-electron chi connectivity index (χ1n) is 8.50. The molecule has 6 nitrogen and oxygen atoms in total. The Hall–Kier alpha value is -3.06. The number of nitrogens with one attached hydrogen (secondary N) is 1. The Bertz CT molecular complexity index is 938. The van der Waals surface area contributed by atoms with Gasteiger partial charge in [-0.25, -0.2) is 4.98 Å².